The molecule has 7 heteroatoms. The van der Waals surface area contributed by atoms with Crippen molar-refractivity contribution in [2.24, 2.45) is 0 Å². The van der Waals surface area contributed by atoms with Crippen LogP contribution in [0, 0.1) is 13.8 Å². The van der Waals surface area contributed by atoms with Gasteiger partial charge in [-0.3, -0.25) is 4.79 Å². The molecule has 0 saturated heterocycles. The van der Waals surface area contributed by atoms with Gasteiger partial charge in [0.2, 0.25) is 0 Å². The minimum atomic E-state index is -0.0345. The van der Waals surface area contributed by atoms with E-state index in [1.807, 2.05) is 50.4 Å². The minimum absolute atomic E-state index is 0.0345. The fourth-order valence-corrected chi connectivity index (χ4v) is 2.69. The van der Waals surface area contributed by atoms with Gasteiger partial charge in [-0.15, -0.1) is 11.3 Å². The standard InChI is InChI=1S/C15H21N5OS/c1-10-7-12(22-9-10)15(21)17-6-5-16-13-8-14(20(3)4)19-11(2)18-13/h7-9H,5-6H2,1-4H3,(H,17,21)(H,16,18,19). The number of hydrogen-bond acceptors (Lipinski definition) is 6. The normalized spacial score (nSPS) is 10.4. The molecular weight excluding hydrogens is 298 g/mol. The Balaban J connectivity index is 1.82. The van der Waals surface area contributed by atoms with Gasteiger partial charge in [-0.25, -0.2) is 9.97 Å². The van der Waals surface area contributed by atoms with Crippen LogP contribution in [-0.2, 0) is 0 Å². The summed E-state index contributed by atoms with van der Waals surface area (Å²) in [6.45, 7) is 4.99. The SMILES string of the molecule is Cc1csc(C(=O)NCCNc2cc(N(C)C)nc(C)n2)c1. The smallest absolute Gasteiger partial charge is 0.261 e. The second-order valence-corrected chi connectivity index (χ2v) is 6.14. The highest BCUT2D eigenvalue weighted by Gasteiger charge is 2.07. The summed E-state index contributed by atoms with van der Waals surface area (Å²) in [5, 5.41) is 8.07. The Morgan fingerprint density at radius 1 is 1.23 bits per heavy atom. The highest BCUT2D eigenvalue weighted by Crippen LogP contribution is 2.14. The Hall–Kier alpha value is -2.15. The van der Waals surface area contributed by atoms with Crippen molar-refractivity contribution in [2.45, 2.75) is 13.8 Å². The summed E-state index contributed by atoms with van der Waals surface area (Å²) in [6, 6.07) is 3.78. The van der Waals surface area contributed by atoms with Gasteiger partial charge in [-0.2, -0.15) is 0 Å². The Kier molecular flexibility index (Phi) is 5.32. The van der Waals surface area contributed by atoms with Crippen molar-refractivity contribution in [3.63, 3.8) is 0 Å². The Bertz CT molecular complexity index is 653. The second-order valence-electron chi connectivity index (χ2n) is 5.22. The van der Waals surface area contributed by atoms with E-state index in [1.165, 1.54) is 11.3 Å². The van der Waals surface area contributed by atoms with Crippen molar-refractivity contribution in [3.8, 4) is 0 Å². The number of aryl methyl sites for hydroxylation is 2. The summed E-state index contributed by atoms with van der Waals surface area (Å²) in [5.41, 5.74) is 1.11. The molecule has 0 saturated carbocycles. The van der Waals surface area contributed by atoms with E-state index in [0.29, 0.717) is 18.9 Å². The van der Waals surface area contributed by atoms with Gasteiger partial charge in [0.25, 0.3) is 5.91 Å². The molecule has 0 bridgehead atoms. The third-order valence-corrected chi connectivity index (χ3v) is 4.00. The first-order valence-corrected chi connectivity index (χ1v) is 7.94. The predicted octanol–water partition coefficient (Wildman–Crippen LogP) is 2.06. The molecular formula is C15H21N5OS. The molecule has 0 aromatic carbocycles. The summed E-state index contributed by atoms with van der Waals surface area (Å²) in [4.78, 5) is 23.3. The van der Waals surface area contributed by atoms with E-state index in [2.05, 4.69) is 20.6 Å². The van der Waals surface area contributed by atoms with Gasteiger partial charge in [0, 0.05) is 33.3 Å². The average Bonchev–Trinajstić information content (AvgIpc) is 2.89. The van der Waals surface area contributed by atoms with E-state index in [0.717, 1.165) is 22.1 Å². The highest BCUT2D eigenvalue weighted by atomic mass is 32.1. The maximum atomic E-state index is 11.9. The molecule has 2 aromatic rings. The highest BCUT2D eigenvalue weighted by molar-refractivity contribution is 7.12. The first-order valence-electron chi connectivity index (χ1n) is 7.06. The van der Waals surface area contributed by atoms with Crippen LogP contribution in [0.1, 0.15) is 21.1 Å². The van der Waals surface area contributed by atoms with Crippen LogP contribution in [0.2, 0.25) is 0 Å². The molecule has 2 N–H and O–H groups in total. The van der Waals surface area contributed by atoms with Gasteiger partial charge < -0.3 is 15.5 Å². The van der Waals surface area contributed by atoms with Gasteiger partial charge in [0.1, 0.15) is 17.5 Å². The zero-order valence-corrected chi connectivity index (χ0v) is 14.1. The van der Waals surface area contributed by atoms with Gasteiger partial charge in [0.05, 0.1) is 4.88 Å². The lowest BCUT2D eigenvalue weighted by Crippen LogP contribution is -2.28. The monoisotopic (exact) mass is 319 g/mol. The maximum Gasteiger partial charge on any atom is 0.261 e. The zero-order valence-electron chi connectivity index (χ0n) is 13.3. The van der Waals surface area contributed by atoms with Gasteiger partial charge >= 0.3 is 0 Å². The van der Waals surface area contributed by atoms with Crippen molar-refractivity contribution in [1.29, 1.82) is 0 Å². The first-order chi connectivity index (χ1) is 10.5. The summed E-state index contributed by atoms with van der Waals surface area (Å²) in [5.74, 6) is 2.30. The van der Waals surface area contributed by atoms with E-state index in [1.54, 1.807) is 0 Å². The number of anilines is 2. The van der Waals surface area contributed by atoms with E-state index in [9.17, 15) is 4.79 Å². The number of thiophene rings is 1. The van der Waals surface area contributed by atoms with Crippen molar-refractivity contribution >= 4 is 28.9 Å². The van der Waals surface area contributed by atoms with Crippen LogP contribution in [0.4, 0.5) is 11.6 Å². The van der Waals surface area contributed by atoms with Crippen LogP contribution >= 0.6 is 11.3 Å². The summed E-state index contributed by atoms with van der Waals surface area (Å²) < 4.78 is 0. The quantitative estimate of drug-likeness (QED) is 0.798. The molecule has 0 aliphatic heterocycles. The van der Waals surface area contributed by atoms with Crippen molar-refractivity contribution < 1.29 is 4.79 Å². The lowest BCUT2D eigenvalue weighted by atomic mass is 10.3. The average molecular weight is 319 g/mol. The van der Waals surface area contributed by atoms with Gasteiger partial charge in [-0.1, -0.05) is 0 Å². The summed E-state index contributed by atoms with van der Waals surface area (Å²) in [6.07, 6.45) is 0. The van der Waals surface area contributed by atoms with Crippen LogP contribution in [0.3, 0.4) is 0 Å². The summed E-state index contributed by atoms with van der Waals surface area (Å²) >= 11 is 1.46. The third-order valence-electron chi connectivity index (χ3n) is 2.95. The molecule has 22 heavy (non-hydrogen) atoms. The maximum absolute atomic E-state index is 11.9. The molecule has 2 aromatic heterocycles. The fourth-order valence-electron chi connectivity index (χ4n) is 1.88. The molecule has 0 spiro atoms. The number of nitrogens with zero attached hydrogens (tertiary/aromatic N) is 3. The number of carbonyl (C=O) groups is 1. The topological polar surface area (TPSA) is 70.2 Å². The first kappa shape index (κ1) is 16.2. The fraction of sp³-hybridized carbons (Fsp3) is 0.400. The largest absolute Gasteiger partial charge is 0.368 e. The number of rotatable bonds is 6. The molecule has 6 nitrogen and oxygen atoms in total. The van der Waals surface area contributed by atoms with Crippen LogP contribution in [0.25, 0.3) is 0 Å². The van der Waals surface area contributed by atoms with Gasteiger partial charge in [-0.05, 0) is 30.9 Å². The van der Waals surface area contributed by atoms with Crippen LogP contribution in [-0.4, -0.2) is 43.1 Å². The van der Waals surface area contributed by atoms with E-state index >= 15 is 0 Å². The van der Waals surface area contributed by atoms with Crippen molar-refractivity contribution in [2.75, 3.05) is 37.4 Å². The Morgan fingerprint density at radius 2 is 2.00 bits per heavy atom. The van der Waals surface area contributed by atoms with Crippen LogP contribution in [0.5, 0.6) is 0 Å². The molecule has 0 aliphatic carbocycles. The van der Waals surface area contributed by atoms with E-state index in [-0.39, 0.29) is 5.91 Å². The Labute approximate surface area is 134 Å². The lowest BCUT2D eigenvalue weighted by Gasteiger charge is -2.14. The minimum Gasteiger partial charge on any atom is -0.368 e. The second kappa shape index (κ2) is 7.22. The number of carbonyl (C=O) groups excluding carboxylic acids is 1. The zero-order chi connectivity index (χ0) is 16.1. The third kappa shape index (κ3) is 4.42. The number of hydrogen-bond donors (Lipinski definition) is 2. The molecule has 0 radical (unpaired) electrons. The molecule has 0 fully saturated rings. The number of aromatic nitrogens is 2. The van der Waals surface area contributed by atoms with Gasteiger partial charge in [0.15, 0.2) is 0 Å². The summed E-state index contributed by atoms with van der Waals surface area (Å²) in [7, 11) is 3.88. The van der Waals surface area contributed by atoms with Crippen molar-refractivity contribution in [1.82, 2.24) is 15.3 Å². The molecule has 118 valence electrons. The van der Waals surface area contributed by atoms with Crippen LogP contribution in [0.15, 0.2) is 17.5 Å². The molecule has 0 aliphatic rings. The molecule has 0 atom stereocenters. The number of amides is 1. The van der Waals surface area contributed by atoms with E-state index in [4.69, 9.17) is 0 Å². The molecule has 2 heterocycles. The van der Waals surface area contributed by atoms with E-state index < -0.39 is 0 Å². The lowest BCUT2D eigenvalue weighted by molar-refractivity contribution is 0.0959. The number of nitrogens with one attached hydrogen (secondary N) is 2. The molecule has 0 unspecified atom stereocenters. The predicted molar refractivity (Wildman–Crippen MR) is 91.0 cm³/mol. The van der Waals surface area contributed by atoms with Crippen LogP contribution < -0.4 is 15.5 Å². The Morgan fingerprint density at radius 3 is 2.64 bits per heavy atom. The van der Waals surface area contributed by atoms with Crippen molar-refractivity contribution in [3.05, 3.63) is 33.8 Å². The molecule has 2 rings (SSSR count). The molecule has 1 amide bonds.